The molecule has 0 bridgehead atoms. The molecule has 3 heteroatoms. The van der Waals surface area contributed by atoms with Gasteiger partial charge in [0, 0.05) is 18.7 Å². The fraction of sp³-hybridized carbons (Fsp3) is 1.00. The summed E-state index contributed by atoms with van der Waals surface area (Å²) in [5.41, 5.74) is 6.93. The summed E-state index contributed by atoms with van der Waals surface area (Å²) in [4.78, 5) is 2.68. The Balaban J connectivity index is 2.01. The van der Waals surface area contributed by atoms with Crippen LogP contribution >= 0.6 is 0 Å². The van der Waals surface area contributed by atoms with Crippen LogP contribution < -0.4 is 5.73 Å². The third-order valence-electron chi connectivity index (χ3n) is 5.31. The molecule has 2 aliphatic heterocycles. The molecule has 2 rings (SSSR count). The van der Waals surface area contributed by atoms with E-state index in [2.05, 4.69) is 25.7 Å². The predicted octanol–water partition coefficient (Wildman–Crippen LogP) is 2.79. The van der Waals surface area contributed by atoms with Crippen LogP contribution in [0.1, 0.15) is 59.3 Å². The van der Waals surface area contributed by atoms with Gasteiger partial charge in [0.1, 0.15) is 0 Å². The van der Waals surface area contributed by atoms with Gasteiger partial charge < -0.3 is 10.5 Å². The number of ether oxygens (including phenoxy) is 1. The van der Waals surface area contributed by atoms with E-state index in [1.807, 2.05) is 0 Å². The van der Waals surface area contributed by atoms with Crippen LogP contribution in [0.2, 0.25) is 0 Å². The van der Waals surface area contributed by atoms with Crippen molar-refractivity contribution in [2.75, 3.05) is 26.2 Å². The Hall–Kier alpha value is -0.120. The Labute approximate surface area is 118 Å². The van der Waals surface area contributed by atoms with Crippen molar-refractivity contribution in [2.24, 2.45) is 11.1 Å². The standard InChI is InChI=1S/C16H32N2O/c1-4-5-14-12-16(13-17,8-11-19-14)18-9-6-15(2,3)7-10-18/h14H,4-13,17H2,1-3H3. The van der Waals surface area contributed by atoms with Crippen molar-refractivity contribution in [2.45, 2.75) is 70.9 Å². The Morgan fingerprint density at radius 1 is 1.21 bits per heavy atom. The number of hydrogen-bond donors (Lipinski definition) is 1. The van der Waals surface area contributed by atoms with Crippen LogP contribution in [0.4, 0.5) is 0 Å². The number of nitrogens with zero attached hydrogens (tertiary/aromatic N) is 1. The van der Waals surface area contributed by atoms with Crippen molar-refractivity contribution < 1.29 is 4.74 Å². The minimum Gasteiger partial charge on any atom is -0.378 e. The first-order valence-corrected chi connectivity index (χ1v) is 8.08. The second-order valence-electron chi connectivity index (χ2n) is 7.32. The normalized spacial score (nSPS) is 36.3. The molecule has 2 atom stereocenters. The van der Waals surface area contributed by atoms with E-state index in [1.54, 1.807) is 0 Å². The molecule has 112 valence electrons. The van der Waals surface area contributed by atoms with Gasteiger partial charge in [-0.2, -0.15) is 0 Å². The fourth-order valence-electron chi connectivity index (χ4n) is 3.70. The Kier molecular flexibility index (Phi) is 4.91. The molecule has 0 radical (unpaired) electrons. The maximum Gasteiger partial charge on any atom is 0.0593 e. The monoisotopic (exact) mass is 268 g/mol. The molecule has 2 heterocycles. The van der Waals surface area contributed by atoms with Gasteiger partial charge in [0.05, 0.1) is 6.10 Å². The summed E-state index contributed by atoms with van der Waals surface area (Å²) in [5.74, 6) is 0. The molecular weight excluding hydrogens is 236 g/mol. The van der Waals surface area contributed by atoms with Gasteiger partial charge in [0.25, 0.3) is 0 Å². The van der Waals surface area contributed by atoms with Gasteiger partial charge in [-0.15, -0.1) is 0 Å². The Morgan fingerprint density at radius 2 is 1.89 bits per heavy atom. The van der Waals surface area contributed by atoms with E-state index in [4.69, 9.17) is 10.5 Å². The average Bonchev–Trinajstić information content (AvgIpc) is 2.39. The highest BCUT2D eigenvalue weighted by Gasteiger charge is 2.42. The third-order valence-corrected chi connectivity index (χ3v) is 5.31. The molecule has 0 saturated carbocycles. The molecular formula is C16H32N2O. The smallest absolute Gasteiger partial charge is 0.0593 e. The van der Waals surface area contributed by atoms with Crippen molar-refractivity contribution in [3.05, 3.63) is 0 Å². The molecule has 0 aromatic rings. The van der Waals surface area contributed by atoms with Gasteiger partial charge in [-0.05, 0) is 50.6 Å². The Bertz CT molecular complexity index is 280. The average molecular weight is 268 g/mol. The zero-order valence-electron chi connectivity index (χ0n) is 13.1. The summed E-state index contributed by atoms with van der Waals surface area (Å²) in [7, 11) is 0. The van der Waals surface area contributed by atoms with Crippen molar-refractivity contribution in [3.63, 3.8) is 0 Å². The van der Waals surface area contributed by atoms with Crippen molar-refractivity contribution in [3.8, 4) is 0 Å². The lowest BCUT2D eigenvalue weighted by Crippen LogP contribution is -2.60. The number of rotatable bonds is 4. The molecule has 2 aliphatic rings. The van der Waals surface area contributed by atoms with Crippen molar-refractivity contribution in [1.29, 1.82) is 0 Å². The van der Waals surface area contributed by atoms with Crippen LogP contribution in [0.25, 0.3) is 0 Å². The number of likely N-dealkylation sites (tertiary alicyclic amines) is 1. The minimum absolute atomic E-state index is 0.217. The van der Waals surface area contributed by atoms with Crippen LogP contribution in [-0.2, 0) is 4.74 Å². The van der Waals surface area contributed by atoms with Gasteiger partial charge in [0.2, 0.25) is 0 Å². The van der Waals surface area contributed by atoms with Gasteiger partial charge in [-0.1, -0.05) is 27.2 Å². The zero-order chi connectivity index (χ0) is 13.9. The maximum absolute atomic E-state index is 6.20. The van der Waals surface area contributed by atoms with Crippen LogP contribution in [0.3, 0.4) is 0 Å². The van der Waals surface area contributed by atoms with Gasteiger partial charge >= 0.3 is 0 Å². The Morgan fingerprint density at radius 3 is 2.47 bits per heavy atom. The number of piperidine rings is 1. The molecule has 2 unspecified atom stereocenters. The van der Waals surface area contributed by atoms with E-state index < -0.39 is 0 Å². The van der Waals surface area contributed by atoms with E-state index in [0.29, 0.717) is 11.5 Å². The second-order valence-corrected chi connectivity index (χ2v) is 7.32. The highest BCUT2D eigenvalue weighted by Crippen LogP contribution is 2.38. The molecule has 2 N–H and O–H groups in total. The lowest BCUT2D eigenvalue weighted by atomic mass is 9.77. The molecule has 0 aromatic carbocycles. The third kappa shape index (κ3) is 3.50. The minimum atomic E-state index is 0.217. The van der Waals surface area contributed by atoms with E-state index in [-0.39, 0.29) is 5.54 Å². The number of nitrogens with two attached hydrogens (primary N) is 1. The summed E-state index contributed by atoms with van der Waals surface area (Å²) in [6, 6.07) is 0. The van der Waals surface area contributed by atoms with Crippen LogP contribution in [0.5, 0.6) is 0 Å². The zero-order valence-corrected chi connectivity index (χ0v) is 13.1. The molecule has 0 amide bonds. The number of hydrogen-bond acceptors (Lipinski definition) is 3. The first kappa shape index (κ1) is 15.3. The van der Waals surface area contributed by atoms with Crippen LogP contribution in [0, 0.1) is 5.41 Å². The van der Waals surface area contributed by atoms with Crippen molar-refractivity contribution in [1.82, 2.24) is 4.90 Å². The summed E-state index contributed by atoms with van der Waals surface area (Å²) >= 11 is 0. The van der Waals surface area contributed by atoms with Crippen molar-refractivity contribution >= 4 is 0 Å². The van der Waals surface area contributed by atoms with Crippen LogP contribution in [0.15, 0.2) is 0 Å². The lowest BCUT2D eigenvalue weighted by Gasteiger charge is -2.51. The molecule has 2 fully saturated rings. The summed E-state index contributed by atoms with van der Waals surface area (Å²) in [6.07, 6.45) is 7.67. The summed E-state index contributed by atoms with van der Waals surface area (Å²) in [5, 5.41) is 0. The fourth-order valence-corrected chi connectivity index (χ4v) is 3.70. The van der Waals surface area contributed by atoms with E-state index in [0.717, 1.165) is 26.0 Å². The first-order valence-electron chi connectivity index (χ1n) is 8.08. The molecule has 0 aromatic heterocycles. The van der Waals surface area contributed by atoms with Crippen LogP contribution in [-0.4, -0.2) is 42.8 Å². The van der Waals surface area contributed by atoms with E-state index in [9.17, 15) is 0 Å². The van der Waals surface area contributed by atoms with E-state index >= 15 is 0 Å². The maximum atomic E-state index is 6.20. The lowest BCUT2D eigenvalue weighted by molar-refractivity contribution is -0.0856. The SMILES string of the molecule is CCCC1CC(CN)(N2CCC(C)(C)CC2)CCO1. The molecule has 0 spiro atoms. The van der Waals surface area contributed by atoms with E-state index in [1.165, 1.54) is 38.8 Å². The molecule has 0 aliphatic carbocycles. The topological polar surface area (TPSA) is 38.5 Å². The highest BCUT2D eigenvalue weighted by atomic mass is 16.5. The molecule has 3 nitrogen and oxygen atoms in total. The first-order chi connectivity index (χ1) is 9.01. The quantitative estimate of drug-likeness (QED) is 0.852. The summed E-state index contributed by atoms with van der Waals surface area (Å²) < 4.78 is 5.93. The molecule has 2 saturated heterocycles. The largest absolute Gasteiger partial charge is 0.378 e. The second kappa shape index (κ2) is 6.11. The summed E-state index contributed by atoms with van der Waals surface area (Å²) in [6.45, 7) is 11.1. The van der Waals surface area contributed by atoms with Gasteiger partial charge in [0.15, 0.2) is 0 Å². The van der Waals surface area contributed by atoms with Gasteiger partial charge in [-0.3, -0.25) is 4.90 Å². The van der Waals surface area contributed by atoms with Gasteiger partial charge in [-0.25, -0.2) is 0 Å². The predicted molar refractivity (Wildman–Crippen MR) is 80.3 cm³/mol. The molecule has 19 heavy (non-hydrogen) atoms. The highest BCUT2D eigenvalue weighted by molar-refractivity contribution is 4.98.